The molecule has 0 aliphatic carbocycles. The predicted molar refractivity (Wildman–Crippen MR) is 122 cm³/mol. The van der Waals surface area contributed by atoms with Gasteiger partial charge in [-0.25, -0.2) is 4.98 Å². The van der Waals surface area contributed by atoms with Crippen molar-refractivity contribution in [3.63, 3.8) is 0 Å². The molecule has 0 aromatic carbocycles. The quantitative estimate of drug-likeness (QED) is 0.265. The second-order valence-corrected chi connectivity index (χ2v) is 8.03. The minimum absolute atomic E-state index is 0. The van der Waals surface area contributed by atoms with Gasteiger partial charge < -0.3 is 20.5 Å². The standard InChI is InChI=1S/C18H33N5O2S.HI/c1-4-15-12-21-16(26-15)6-7-20-17(19-5-2)22-13-18(3,24)14-23-8-10-25-11-9-23;/h12,24H,4-11,13-14H2,1-3H3,(H2,19,20,22);1H. The van der Waals surface area contributed by atoms with Gasteiger partial charge in [0, 0.05) is 50.2 Å². The van der Waals surface area contributed by atoms with Crippen LogP contribution in [0.25, 0.3) is 0 Å². The molecule has 1 unspecified atom stereocenters. The Morgan fingerprint density at radius 2 is 2.11 bits per heavy atom. The smallest absolute Gasteiger partial charge is 0.191 e. The summed E-state index contributed by atoms with van der Waals surface area (Å²) in [6.07, 6.45) is 3.87. The van der Waals surface area contributed by atoms with Crippen molar-refractivity contribution in [2.75, 3.05) is 52.5 Å². The van der Waals surface area contributed by atoms with E-state index in [2.05, 4.69) is 32.4 Å². The average molecular weight is 511 g/mol. The summed E-state index contributed by atoms with van der Waals surface area (Å²) in [6, 6.07) is 0. The third-order valence-corrected chi connectivity index (χ3v) is 5.37. The second kappa shape index (κ2) is 12.9. The number of hydrogen-bond acceptors (Lipinski definition) is 6. The topological polar surface area (TPSA) is 82.0 Å². The largest absolute Gasteiger partial charge is 0.387 e. The Balaban J connectivity index is 0.00000364. The highest BCUT2D eigenvalue weighted by Gasteiger charge is 2.25. The van der Waals surface area contributed by atoms with E-state index in [0.29, 0.717) is 13.1 Å². The molecule has 3 N–H and O–H groups in total. The monoisotopic (exact) mass is 511 g/mol. The number of ether oxygens (including phenoxy) is 1. The van der Waals surface area contributed by atoms with Crippen LogP contribution in [0.15, 0.2) is 11.2 Å². The van der Waals surface area contributed by atoms with Crippen molar-refractivity contribution in [1.29, 1.82) is 0 Å². The van der Waals surface area contributed by atoms with E-state index in [9.17, 15) is 5.11 Å². The predicted octanol–water partition coefficient (Wildman–Crippen LogP) is 1.50. The maximum Gasteiger partial charge on any atom is 0.191 e. The highest BCUT2D eigenvalue weighted by molar-refractivity contribution is 14.0. The molecule has 156 valence electrons. The number of aryl methyl sites for hydroxylation is 1. The lowest BCUT2D eigenvalue weighted by Gasteiger charge is -2.33. The molecule has 2 heterocycles. The maximum atomic E-state index is 10.7. The number of β-amino-alcohol motifs (C(OH)–C–C–N with tert-alkyl or cyclic N) is 1. The Morgan fingerprint density at radius 3 is 2.74 bits per heavy atom. The van der Waals surface area contributed by atoms with Gasteiger partial charge in [-0.1, -0.05) is 6.92 Å². The minimum atomic E-state index is -0.856. The van der Waals surface area contributed by atoms with E-state index >= 15 is 0 Å². The van der Waals surface area contributed by atoms with Crippen LogP contribution < -0.4 is 10.6 Å². The highest BCUT2D eigenvalue weighted by Crippen LogP contribution is 2.13. The molecule has 9 heteroatoms. The lowest BCUT2D eigenvalue weighted by molar-refractivity contribution is -0.0179. The van der Waals surface area contributed by atoms with Crippen molar-refractivity contribution in [2.45, 2.75) is 39.2 Å². The van der Waals surface area contributed by atoms with Crippen LogP contribution in [0.2, 0.25) is 0 Å². The molecular weight excluding hydrogens is 477 g/mol. The van der Waals surface area contributed by atoms with Crippen molar-refractivity contribution in [1.82, 2.24) is 20.5 Å². The lowest BCUT2D eigenvalue weighted by atomic mass is 10.1. The average Bonchev–Trinajstić information content (AvgIpc) is 3.08. The van der Waals surface area contributed by atoms with Gasteiger partial charge in [-0.3, -0.25) is 9.89 Å². The maximum absolute atomic E-state index is 10.7. The third kappa shape index (κ3) is 9.51. The van der Waals surface area contributed by atoms with Crippen molar-refractivity contribution < 1.29 is 9.84 Å². The molecule has 2 rings (SSSR count). The van der Waals surface area contributed by atoms with Crippen LogP contribution in [-0.4, -0.2) is 79.0 Å². The molecule has 0 spiro atoms. The van der Waals surface area contributed by atoms with E-state index in [1.807, 2.05) is 20.0 Å². The summed E-state index contributed by atoms with van der Waals surface area (Å²) in [5.41, 5.74) is -0.856. The van der Waals surface area contributed by atoms with Gasteiger partial charge in [0.2, 0.25) is 0 Å². The normalized spacial score (nSPS) is 17.9. The summed E-state index contributed by atoms with van der Waals surface area (Å²) in [6.45, 7) is 11.8. The first-order valence-electron chi connectivity index (χ1n) is 9.50. The first kappa shape index (κ1) is 24.5. The van der Waals surface area contributed by atoms with Gasteiger partial charge in [0.25, 0.3) is 0 Å². The Hall–Kier alpha value is -0.490. The number of nitrogens with one attached hydrogen (secondary N) is 2. The van der Waals surface area contributed by atoms with Crippen molar-refractivity contribution in [3.8, 4) is 0 Å². The van der Waals surface area contributed by atoms with E-state index in [4.69, 9.17) is 4.74 Å². The van der Waals surface area contributed by atoms with Gasteiger partial charge in [0.15, 0.2) is 5.96 Å². The van der Waals surface area contributed by atoms with E-state index in [1.165, 1.54) is 4.88 Å². The van der Waals surface area contributed by atoms with Gasteiger partial charge in [-0.2, -0.15) is 0 Å². The fourth-order valence-electron chi connectivity index (χ4n) is 2.80. The Labute approximate surface area is 184 Å². The van der Waals surface area contributed by atoms with Crippen LogP contribution in [0, 0.1) is 0 Å². The summed E-state index contributed by atoms with van der Waals surface area (Å²) in [7, 11) is 0. The van der Waals surface area contributed by atoms with Gasteiger partial charge in [0.05, 0.1) is 30.4 Å². The number of guanidine groups is 1. The minimum Gasteiger partial charge on any atom is -0.387 e. The molecule has 7 nitrogen and oxygen atoms in total. The number of aliphatic imine (C=N–C) groups is 1. The van der Waals surface area contributed by atoms with Crippen molar-refractivity contribution in [3.05, 3.63) is 16.1 Å². The molecule has 0 saturated carbocycles. The molecule has 1 aromatic heterocycles. The summed E-state index contributed by atoms with van der Waals surface area (Å²) in [4.78, 5) is 12.6. The van der Waals surface area contributed by atoms with Gasteiger partial charge in [0.1, 0.15) is 0 Å². The van der Waals surface area contributed by atoms with Crippen LogP contribution in [-0.2, 0) is 17.6 Å². The molecule has 0 radical (unpaired) electrons. The number of rotatable bonds is 9. The van der Waals surface area contributed by atoms with Gasteiger partial charge in [-0.15, -0.1) is 35.3 Å². The molecule has 0 bridgehead atoms. The van der Waals surface area contributed by atoms with Gasteiger partial charge >= 0.3 is 0 Å². The zero-order chi connectivity index (χ0) is 18.8. The fraction of sp³-hybridized carbons (Fsp3) is 0.778. The summed E-state index contributed by atoms with van der Waals surface area (Å²) >= 11 is 1.77. The van der Waals surface area contributed by atoms with Crippen LogP contribution in [0.4, 0.5) is 0 Å². The highest BCUT2D eigenvalue weighted by atomic mass is 127. The first-order valence-corrected chi connectivity index (χ1v) is 10.3. The Morgan fingerprint density at radius 1 is 1.37 bits per heavy atom. The zero-order valence-electron chi connectivity index (χ0n) is 16.7. The molecule has 1 atom stereocenters. The SMILES string of the molecule is CCNC(=NCC(C)(O)CN1CCOCC1)NCCc1ncc(CC)s1.I. The van der Waals surface area contributed by atoms with E-state index in [-0.39, 0.29) is 24.0 Å². The summed E-state index contributed by atoms with van der Waals surface area (Å²) in [5.74, 6) is 0.738. The number of hydrogen-bond donors (Lipinski definition) is 3. The van der Waals surface area contributed by atoms with E-state index in [0.717, 1.165) is 63.2 Å². The number of aliphatic hydroxyl groups is 1. The Kier molecular flexibility index (Phi) is 11.7. The van der Waals surface area contributed by atoms with E-state index < -0.39 is 5.60 Å². The van der Waals surface area contributed by atoms with Crippen LogP contribution in [0.1, 0.15) is 30.7 Å². The number of thiazole rings is 1. The second-order valence-electron chi connectivity index (χ2n) is 6.83. The zero-order valence-corrected chi connectivity index (χ0v) is 19.8. The molecule has 1 saturated heterocycles. The number of morpholine rings is 1. The summed E-state index contributed by atoms with van der Waals surface area (Å²) < 4.78 is 5.36. The number of halogens is 1. The molecular formula is C18H34IN5O2S. The molecule has 1 aliphatic rings. The molecule has 1 aromatic rings. The number of aromatic nitrogens is 1. The summed E-state index contributed by atoms with van der Waals surface area (Å²) in [5, 5.41) is 18.4. The molecule has 27 heavy (non-hydrogen) atoms. The van der Waals surface area contributed by atoms with Crippen LogP contribution in [0.5, 0.6) is 0 Å². The third-order valence-electron chi connectivity index (χ3n) is 4.17. The van der Waals surface area contributed by atoms with Crippen molar-refractivity contribution >= 4 is 41.3 Å². The van der Waals surface area contributed by atoms with Crippen molar-refractivity contribution in [2.24, 2.45) is 4.99 Å². The number of nitrogens with zero attached hydrogens (tertiary/aromatic N) is 3. The first-order chi connectivity index (χ1) is 12.5. The van der Waals surface area contributed by atoms with Crippen LogP contribution in [0.3, 0.4) is 0 Å². The van der Waals surface area contributed by atoms with E-state index in [1.54, 1.807) is 11.3 Å². The Bertz CT molecular complexity index is 562. The fourth-order valence-corrected chi connectivity index (χ4v) is 3.66. The molecule has 1 fully saturated rings. The molecule has 0 amide bonds. The van der Waals surface area contributed by atoms with Gasteiger partial charge in [-0.05, 0) is 20.3 Å². The lowest BCUT2D eigenvalue weighted by Crippen LogP contribution is -2.48. The van der Waals surface area contributed by atoms with Crippen LogP contribution >= 0.6 is 35.3 Å². The molecule has 1 aliphatic heterocycles.